The van der Waals surface area contributed by atoms with Crippen molar-refractivity contribution < 1.29 is 17.9 Å². The van der Waals surface area contributed by atoms with E-state index in [1.165, 1.54) is 12.0 Å². The minimum Gasteiger partial charge on any atom is -0.481 e. The van der Waals surface area contributed by atoms with E-state index in [4.69, 9.17) is 4.74 Å². The first-order valence-corrected chi connectivity index (χ1v) is 6.36. The van der Waals surface area contributed by atoms with Crippen molar-refractivity contribution in [1.82, 2.24) is 14.9 Å². The summed E-state index contributed by atoms with van der Waals surface area (Å²) in [6, 6.07) is 1.63. The highest BCUT2D eigenvalue weighted by atomic mass is 19.4. The third-order valence-corrected chi connectivity index (χ3v) is 3.16. The van der Waals surface area contributed by atoms with Crippen molar-refractivity contribution in [3.05, 3.63) is 12.3 Å². The second kappa shape index (κ2) is 6.25. The molecule has 2 heterocycles. The van der Waals surface area contributed by atoms with Crippen LogP contribution in [-0.4, -0.2) is 54.3 Å². The molecule has 2 rings (SSSR count). The van der Waals surface area contributed by atoms with Crippen molar-refractivity contribution >= 4 is 5.95 Å². The first kappa shape index (κ1) is 14.8. The van der Waals surface area contributed by atoms with Crippen LogP contribution in [0.1, 0.15) is 6.42 Å². The van der Waals surface area contributed by atoms with Crippen LogP contribution in [0.3, 0.4) is 0 Å². The quantitative estimate of drug-likeness (QED) is 0.896. The van der Waals surface area contributed by atoms with Gasteiger partial charge in [0.2, 0.25) is 11.8 Å². The summed E-state index contributed by atoms with van der Waals surface area (Å²) in [5.41, 5.74) is 0. The van der Waals surface area contributed by atoms with Crippen molar-refractivity contribution in [2.24, 2.45) is 5.92 Å². The van der Waals surface area contributed by atoms with Crippen molar-refractivity contribution in [3.8, 4) is 5.88 Å². The lowest BCUT2D eigenvalue weighted by atomic mass is 10.1. The zero-order valence-electron chi connectivity index (χ0n) is 11.2. The molecule has 0 amide bonds. The Morgan fingerprint density at radius 3 is 3.00 bits per heavy atom. The first-order valence-electron chi connectivity index (χ1n) is 6.36. The second-order valence-electron chi connectivity index (χ2n) is 4.81. The number of nitrogens with zero attached hydrogens (tertiary/aromatic N) is 3. The van der Waals surface area contributed by atoms with Gasteiger partial charge in [0.25, 0.3) is 0 Å². The Bertz CT molecular complexity index is 441. The van der Waals surface area contributed by atoms with Gasteiger partial charge < -0.3 is 10.1 Å². The molecule has 0 saturated carbocycles. The largest absolute Gasteiger partial charge is 0.481 e. The lowest BCUT2D eigenvalue weighted by Gasteiger charge is -2.18. The van der Waals surface area contributed by atoms with Gasteiger partial charge in [-0.1, -0.05) is 0 Å². The Kier molecular flexibility index (Phi) is 4.64. The van der Waals surface area contributed by atoms with Crippen LogP contribution in [0.2, 0.25) is 0 Å². The number of anilines is 1. The van der Waals surface area contributed by atoms with Gasteiger partial charge in [-0.15, -0.1) is 0 Å². The molecule has 20 heavy (non-hydrogen) atoms. The standard InChI is InChI=1S/C12H17F3N4O/c1-20-10-2-4-16-11(18-10)17-6-9-3-5-19(7-9)8-12(13,14)15/h2,4,9H,3,5-8H2,1H3,(H,16,17,18). The Morgan fingerprint density at radius 2 is 2.30 bits per heavy atom. The predicted octanol–water partition coefficient (Wildman–Crippen LogP) is 1.78. The number of likely N-dealkylation sites (tertiary alicyclic amines) is 1. The van der Waals surface area contributed by atoms with Crippen molar-refractivity contribution in [2.45, 2.75) is 12.6 Å². The second-order valence-corrected chi connectivity index (χ2v) is 4.81. The minimum absolute atomic E-state index is 0.173. The molecule has 1 aromatic heterocycles. The third-order valence-electron chi connectivity index (χ3n) is 3.16. The first-order chi connectivity index (χ1) is 9.46. The van der Waals surface area contributed by atoms with E-state index in [9.17, 15) is 13.2 Å². The molecule has 1 unspecified atom stereocenters. The highest BCUT2D eigenvalue weighted by Gasteiger charge is 2.34. The molecule has 1 N–H and O–H groups in total. The van der Waals surface area contributed by atoms with Gasteiger partial charge in [0.15, 0.2) is 0 Å². The van der Waals surface area contributed by atoms with Crippen molar-refractivity contribution in [2.75, 3.05) is 38.6 Å². The SMILES string of the molecule is COc1ccnc(NCC2CCN(CC(F)(F)F)C2)n1. The van der Waals surface area contributed by atoms with E-state index in [1.54, 1.807) is 12.3 Å². The number of nitrogens with one attached hydrogen (secondary N) is 1. The lowest BCUT2D eigenvalue weighted by Crippen LogP contribution is -2.33. The number of rotatable bonds is 5. The molecule has 0 spiro atoms. The normalized spacial score (nSPS) is 20.1. The van der Waals surface area contributed by atoms with Gasteiger partial charge in [-0.25, -0.2) is 4.98 Å². The molecule has 1 aromatic rings. The fourth-order valence-electron chi connectivity index (χ4n) is 2.25. The van der Waals surface area contributed by atoms with Gasteiger partial charge in [-0.3, -0.25) is 4.90 Å². The molecule has 1 atom stereocenters. The summed E-state index contributed by atoms with van der Waals surface area (Å²) < 4.78 is 41.8. The summed E-state index contributed by atoms with van der Waals surface area (Å²) in [5, 5.41) is 3.03. The number of methoxy groups -OCH3 is 1. The highest BCUT2D eigenvalue weighted by molar-refractivity contribution is 5.27. The zero-order chi connectivity index (χ0) is 14.6. The van der Waals surface area contributed by atoms with Crippen LogP contribution in [0.25, 0.3) is 0 Å². The average molecular weight is 290 g/mol. The summed E-state index contributed by atoms with van der Waals surface area (Å²) in [4.78, 5) is 9.55. The Balaban J connectivity index is 1.78. The Labute approximate surface area is 115 Å². The summed E-state index contributed by atoms with van der Waals surface area (Å²) >= 11 is 0. The maximum Gasteiger partial charge on any atom is 0.401 e. The van der Waals surface area contributed by atoms with Gasteiger partial charge >= 0.3 is 6.18 Å². The van der Waals surface area contributed by atoms with Crippen LogP contribution in [0.15, 0.2) is 12.3 Å². The van der Waals surface area contributed by atoms with Crippen LogP contribution in [0, 0.1) is 5.92 Å². The van der Waals surface area contributed by atoms with E-state index in [0.29, 0.717) is 31.5 Å². The summed E-state index contributed by atoms with van der Waals surface area (Å²) in [5.74, 6) is 1.05. The van der Waals surface area contributed by atoms with Crippen molar-refractivity contribution in [3.63, 3.8) is 0 Å². The summed E-state index contributed by atoms with van der Waals surface area (Å²) in [6.45, 7) is 0.641. The van der Waals surface area contributed by atoms with Crippen LogP contribution >= 0.6 is 0 Å². The third kappa shape index (κ3) is 4.52. The van der Waals surface area contributed by atoms with E-state index in [2.05, 4.69) is 15.3 Å². The molecule has 0 aliphatic carbocycles. The number of alkyl halides is 3. The Hall–Kier alpha value is -1.57. The number of hydrogen-bond donors (Lipinski definition) is 1. The van der Waals surface area contributed by atoms with Crippen LogP contribution in [0.5, 0.6) is 5.88 Å². The fraction of sp³-hybridized carbons (Fsp3) is 0.667. The van der Waals surface area contributed by atoms with Gasteiger partial charge in [-0.2, -0.15) is 18.2 Å². The molecule has 1 saturated heterocycles. The number of ether oxygens (including phenoxy) is 1. The molecule has 112 valence electrons. The predicted molar refractivity (Wildman–Crippen MR) is 67.7 cm³/mol. The molecule has 1 aliphatic heterocycles. The van der Waals surface area contributed by atoms with Gasteiger partial charge in [0.05, 0.1) is 13.7 Å². The number of halogens is 3. The summed E-state index contributed by atoms with van der Waals surface area (Å²) in [7, 11) is 1.51. The van der Waals surface area contributed by atoms with E-state index in [1.807, 2.05) is 0 Å². The van der Waals surface area contributed by atoms with Crippen LogP contribution in [-0.2, 0) is 0 Å². The molecule has 8 heteroatoms. The zero-order valence-corrected chi connectivity index (χ0v) is 11.2. The topological polar surface area (TPSA) is 50.3 Å². The lowest BCUT2D eigenvalue weighted by molar-refractivity contribution is -0.143. The maximum absolute atomic E-state index is 12.3. The number of hydrogen-bond acceptors (Lipinski definition) is 5. The van der Waals surface area contributed by atoms with Crippen LogP contribution < -0.4 is 10.1 Å². The van der Waals surface area contributed by atoms with Crippen molar-refractivity contribution in [1.29, 1.82) is 0 Å². The molecular formula is C12H17F3N4O. The minimum atomic E-state index is -4.13. The van der Waals surface area contributed by atoms with E-state index in [0.717, 1.165) is 6.42 Å². The molecule has 0 radical (unpaired) electrons. The Morgan fingerprint density at radius 1 is 1.50 bits per heavy atom. The number of aromatic nitrogens is 2. The van der Waals surface area contributed by atoms with Gasteiger partial charge in [0, 0.05) is 25.4 Å². The highest BCUT2D eigenvalue weighted by Crippen LogP contribution is 2.22. The summed E-state index contributed by atoms with van der Waals surface area (Å²) in [6.07, 6.45) is -1.82. The van der Waals surface area contributed by atoms with Crippen LogP contribution in [0.4, 0.5) is 19.1 Å². The molecule has 1 aliphatic rings. The molecule has 1 fully saturated rings. The monoisotopic (exact) mass is 290 g/mol. The van der Waals surface area contributed by atoms with Gasteiger partial charge in [0.1, 0.15) is 0 Å². The fourth-order valence-corrected chi connectivity index (χ4v) is 2.25. The van der Waals surface area contributed by atoms with Gasteiger partial charge in [-0.05, 0) is 18.9 Å². The molecule has 0 aromatic carbocycles. The van der Waals surface area contributed by atoms with E-state index in [-0.39, 0.29) is 5.92 Å². The van der Waals surface area contributed by atoms with E-state index < -0.39 is 12.7 Å². The average Bonchev–Trinajstić information content (AvgIpc) is 2.82. The molecule has 5 nitrogen and oxygen atoms in total. The molecule has 0 bridgehead atoms. The smallest absolute Gasteiger partial charge is 0.401 e. The maximum atomic E-state index is 12.3. The van der Waals surface area contributed by atoms with E-state index >= 15 is 0 Å². The molecular weight excluding hydrogens is 273 g/mol.